The third-order valence-corrected chi connectivity index (χ3v) is 9.54. The number of carbonyl (C=O) groups is 2. The summed E-state index contributed by atoms with van der Waals surface area (Å²) in [6.45, 7) is 8.73. The van der Waals surface area contributed by atoms with Crippen molar-refractivity contribution in [1.82, 2.24) is 24.3 Å². The molecule has 3 heterocycles. The lowest BCUT2D eigenvalue weighted by molar-refractivity contribution is 0.0592. The number of aromatic nitrogens is 2. The maximum Gasteiger partial charge on any atom is 0.273 e. The number of piperazine rings is 1. The van der Waals surface area contributed by atoms with E-state index in [0.29, 0.717) is 38.4 Å². The molecule has 46 heavy (non-hydrogen) atoms. The van der Waals surface area contributed by atoms with Gasteiger partial charge in [-0.3, -0.25) is 14.5 Å². The Balaban J connectivity index is 1.09. The molecule has 0 bridgehead atoms. The number of thiazole rings is 1. The van der Waals surface area contributed by atoms with E-state index in [4.69, 9.17) is 4.98 Å². The zero-order valence-corrected chi connectivity index (χ0v) is 27.4. The lowest BCUT2D eigenvalue weighted by Crippen LogP contribution is -2.50. The predicted octanol–water partition coefficient (Wildman–Crippen LogP) is 6.90. The highest BCUT2D eigenvalue weighted by molar-refractivity contribution is 7.09. The quantitative estimate of drug-likeness (QED) is 0.159. The molecule has 1 saturated heterocycles. The van der Waals surface area contributed by atoms with Crippen molar-refractivity contribution in [1.29, 1.82) is 0 Å². The maximum absolute atomic E-state index is 13.6. The summed E-state index contributed by atoms with van der Waals surface area (Å²) in [5.41, 5.74) is 5.80. The van der Waals surface area contributed by atoms with E-state index >= 15 is 0 Å². The molecule has 2 aromatic heterocycles. The number of aryl methyl sites for hydroxylation is 1. The van der Waals surface area contributed by atoms with Gasteiger partial charge in [0.15, 0.2) is 0 Å². The van der Waals surface area contributed by atoms with Crippen molar-refractivity contribution < 1.29 is 9.59 Å². The standard InChI is InChI=1S/C38H41N5O2S/c1-3-20-43(37(44)33-19-11-10-13-29(33)2)26-32-18-12-21-42(32)27-35-39-34(28-46-35)38(45)41-24-22-40(23-25-41)36(30-14-6-4-7-15-30)31-16-8-5-9-17-31/h4-19,21,28,36H,3,20,22-27H2,1-2H3. The fraction of sp³-hybridized carbons (Fsp3) is 0.289. The number of rotatable bonds is 11. The van der Waals surface area contributed by atoms with Crippen LogP contribution in [0.25, 0.3) is 0 Å². The number of hydrogen-bond donors (Lipinski definition) is 0. The molecule has 1 aliphatic rings. The third kappa shape index (κ3) is 7.14. The van der Waals surface area contributed by atoms with E-state index in [2.05, 4.69) is 83.1 Å². The van der Waals surface area contributed by atoms with Crippen LogP contribution in [-0.2, 0) is 13.1 Å². The first-order valence-electron chi connectivity index (χ1n) is 16.1. The molecule has 8 heteroatoms. The van der Waals surface area contributed by atoms with Crippen LogP contribution in [0.2, 0.25) is 0 Å². The van der Waals surface area contributed by atoms with Crippen LogP contribution in [0.3, 0.4) is 0 Å². The van der Waals surface area contributed by atoms with Gasteiger partial charge >= 0.3 is 0 Å². The molecule has 5 aromatic rings. The summed E-state index contributed by atoms with van der Waals surface area (Å²) in [6.07, 6.45) is 2.90. The summed E-state index contributed by atoms with van der Waals surface area (Å²) in [4.78, 5) is 38.1. The van der Waals surface area contributed by atoms with Gasteiger partial charge < -0.3 is 14.4 Å². The normalized spacial score (nSPS) is 13.7. The van der Waals surface area contributed by atoms with Crippen molar-refractivity contribution in [2.24, 2.45) is 0 Å². The fourth-order valence-electron chi connectivity index (χ4n) is 6.31. The Labute approximate surface area is 275 Å². The molecule has 0 unspecified atom stereocenters. The number of benzene rings is 3. The summed E-state index contributed by atoms with van der Waals surface area (Å²) in [6, 6.07) is 33.2. The van der Waals surface area contributed by atoms with Gasteiger partial charge in [0, 0.05) is 55.6 Å². The van der Waals surface area contributed by atoms with Gasteiger partial charge in [0.25, 0.3) is 11.8 Å². The molecule has 3 aromatic carbocycles. The third-order valence-electron chi connectivity index (χ3n) is 8.71. The van der Waals surface area contributed by atoms with Gasteiger partial charge in [0.1, 0.15) is 10.7 Å². The van der Waals surface area contributed by atoms with Gasteiger partial charge in [0.05, 0.1) is 19.1 Å². The van der Waals surface area contributed by atoms with Crippen LogP contribution in [0, 0.1) is 6.92 Å². The summed E-state index contributed by atoms with van der Waals surface area (Å²) in [7, 11) is 0. The number of carbonyl (C=O) groups excluding carboxylic acids is 2. The molecule has 0 spiro atoms. The average Bonchev–Trinajstić information content (AvgIpc) is 3.75. The topological polar surface area (TPSA) is 61.7 Å². The lowest BCUT2D eigenvalue weighted by atomic mass is 9.96. The minimum Gasteiger partial charge on any atom is -0.343 e. The first-order valence-corrected chi connectivity index (χ1v) is 17.0. The molecule has 1 fully saturated rings. The highest BCUT2D eigenvalue weighted by atomic mass is 32.1. The highest BCUT2D eigenvalue weighted by Gasteiger charge is 2.29. The molecule has 6 rings (SSSR count). The summed E-state index contributed by atoms with van der Waals surface area (Å²) < 4.78 is 2.13. The lowest BCUT2D eigenvalue weighted by Gasteiger charge is -2.39. The second-order valence-corrected chi connectivity index (χ2v) is 12.8. The number of nitrogens with zero attached hydrogens (tertiary/aromatic N) is 5. The average molecular weight is 632 g/mol. The molecular weight excluding hydrogens is 591 g/mol. The van der Waals surface area contributed by atoms with Crippen LogP contribution in [-0.4, -0.2) is 68.8 Å². The zero-order valence-electron chi connectivity index (χ0n) is 26.6. The van der Waals surface area contributed by atoms with E-state index < -0.39 is 0 Å². The smallest absolute Gasteiger partial charge is 0.273 e. The first kappa shape index (κ1) is 31.5. The fourth-order valence-corrected chi connectivity index (χ4v) is 7.07. The predicted molar refractivity (Wildman–Crippen MR) is 184 cm³/mol. The van der Waals surface area contributed by atoms with Crippen molar-refractivity contribution >= 4 is 23.2 Å². The second kappa shape index (κ2) is 14.7. The first-order chi connectivity index (χ1) is 22.5. The SMILES string of the molecule is CCCN(Cc1cccn1Cc1nc(C(=O)N2CCN(C(c3ccccc3)c3ccccc3)CC2)cs1)C(=O)c1ccccc1C. The minimum absolute atomic E-state index is 0.0104. The monoisotopic (exact) mass is 631 g/mol. The van der Waals surface area contributed by atoms with Crippen LogP contribution < -0.4 is 0 Å². The Hall–Kier alpha value is -4.53. The van der Waals surface area contributed by atoms with Crippen LogP contribution >= 0.6 is 11.3 Å². The van der Waals surface area contributed by atoms with E-state index in [0.717, 1.165) is 41.3 Å². The molecule has 0 radical (unpaired) electrons. The van der Waals surface area contributed by atoms with Crippen LogP contribution in [0.4, 0.5) is 0 Å². The summed E-state index contributed by atoms with van der Waals surface area (Å²) in [5, 5.41) is 2.76. The van der Waals surface area contributed by atoms with Gasteiger partial charge in [-0.2, -0.15) is 0 Å². The van der Waals surface area contributed by atoms with Crippen molar-refractivity contribution in [3.8, 4) is 0 Å². The minimum atomic E-state index is -0.0104. The van der Waals surface area contributed by atoms with E-state index in [9.17, 15) is 9.59 Å². The van der Waals surface area contributed by atoms with Crippen LogP contribution in [0.5, 0.6) is 0 Å². The Kier molecular flexibility index (Phi) is 10.1. The summed E-state index contributed by atoms with van der Waals surface area (Å²) >= 11 is 1.51. The molecule has 236 valence electrons. The van der Waals surface area contributed by atoms with Crippen molar-refractivity contribution in [2.75, 3.05) is 32.7 Å². The van der Waals surface area contributed by atoms with Crippen molar-refractivity contribution in [3.05, 3.63) is 147 Å². The van der Waals surface area contributed by atoms with Crippen molar-refractivity contribution in [3.63, 3.8) is 0 Å². The Morgan fingerprint density at radius 3 is 2.15 bits per heavy atom. The van der Waals surface area contributed by atoms with Gasteiger partial charge in [-0.15, -0.1) is 11.3 Å². The molecular formula is C38H41N5O2S. The number of hydrogen-bond acceptors (Lipinski definition) is 5. The largest absolute Gasteiger partial charge is 0.343 e. The second-order valence-electron chi connectivity index (χ2n) is 11.8. The van der Waals surface area contributed by atoms with Gasteiger partial charge in [-0.25, -0.2) is 4.98 Å². The molecule has 2 amide bonds. The van der Waals surface area contributed by atoms with Crippen LogP contribution in [0.1, 0.15) is 67.6 Å². The summed E-state index contributed by atoms with van der Waals surface area (Å²) in [5.74, 6) is 0.0394. The van der Waals surface area contributed by atoms with Gasteiger partial charge in [0.2, 0.25) is 0 Å². The molecule has 0 aliphatic carbocycles. The molecule has 0 atom stereocenters. The Morgan fingerprint density at radius 1 is 0.848 bits per heavy atom. The zero-order chi connectivity index (χ0) is 31.9. The number of amides is 2. The van der Waals surface area contributed by atoms with E-state index in [1.54, 1.807) is 0 Å². The molecule has 1 aliphatic heterocycles. The maximum atomic E-state index is 13.6. The van der Waals surface area contributed by atoms with Gasteiger partial charge in [-0.1, -0.05) is 85.8 Å². The Morgan fingerprint density at radius 2 is 1.50 bits per heavy atom. The Bertz CT molecular complexity index is 1700. The molecule has 7 nitrogen and oxygen atoms in total. The van der Waals surface area contributed by atoms with Crippen LogP contribution in [0.15, 0.2) is 109 Å². The molecule has 0 N–H and O–H groups in total. The van der Waals surface area contributed by atoms with E-state index in [-0.39, 0.29) is 17.9 Å². The molecule has 0 saturated carbocycles. The van der Waals surface area contributed by atoms with E-state index in [1.165, 1.54) is 22.5 Å². The van der Waals surface area contributed by atoms with Gasteiger partial charge in [-0.05, 0) is 48.2 Å². The van der Waals surface area contributed by atoms with Crippen molar-refractivity contribution in [2.45, 2.75) is 39.4 Å². The highest BCUT2D eigenvalue weighted by Crippen LogP contribution is 2.30. The van der Waals surface area contributed by atoms with E-state index in [1.807, 2.05) is 58.6 Å².